The van der Waals surface area contributed by atoms with E-state index in [-0.39, 0.29) is 0 Å². The van der Waals surface area contributed by atoms with Gasteiger partial charge < -0.3 is 9.84 Å². The van der Waals surface area contributed by atoms with Crippen molar-refractivity contribution in [3.8, 4) is 5.75 Å². The summed E-state index contributed by atoms with van der Waals surface area (Å²) in [6.45, 7) is 3.34. The second-order valence-electron chi connectivity index (χ2n) is 3.01. The predicted molar refractivity (Wildman–Crippen MR) is 53.9 cm³/mol. The molecule has 0 fully saturated rings. The summed E-state index contributed by atoms with van der Waals surface area (Å²) in [5.74, 6) is -0.530. The second kappa shape index (κ2) is 4.33. The zero-order valence-corrected chi connectivity index (χ0v) is 8.71. The molecule has 1 atom stereocenters. The Morgan fingerprint density at radius 2 is 2.21 bits per heavy atom. The van der Waals surface area contributed by atoms with E-state index in [1.165, 1.54) is 6.92 Å². The van der Waals surface area contributed by atoms with Crippen molar-refractivity contribution < 1.29 is 14.6 Å². The van der Waals surface area contributed by atoms with Crippen molar-refractivity contribution in [3.63, 3.8) is 0 Å². The summed E-state index contributed by atoms with van der Waals surface area (Å²) in [5.41, 5.74) is 0.932. The molecule has 0 aliphatic heterocycles. The van der Waals surface area contributed by atoms with Crippen molar-refractivity contribution in [1.29, 1.82) is 0 Å². The molecule has 0 saturated carbocycles. The lowest BCUT2D eigenvalue weighted by atomic mass is 10.2. The maximum absolute atomic E-state index is 10.5. The standard InChI is InChI=1S/C10H11ClO3/c1-6-3-4-8(5-9(6)11)14-7(2)10(12)13/h3-5,7H,1-2H3,(H,12,13). The smallest absolute Gasteiger partial charge is 0.344 e. The molecular weight excluding hydrogens is 204 g/mol. The lowest BCUT2D eigenvalue weighted by Crippen LogP contribution is -2.22. The highest BCUT2D eigenvalue weighted by atomic mass is 35.5. The maximum Gasteiger partial charge on any atom is 0.344 e. The van der Waals surface area contributed by atoms with Crippen LogP contribution in [0.15, 0.2) is 18.2 Å². The van der Waals surface area contributed by atoms with Crippen LogP contribution in [0.5, 0.6) is 5.75 Å². The molecule has 4 heteroatoms. The molecule has 3 nitrogen and oxygen atoms in total. The summed E-state index contributed by atoms with van der Waals surface area (Å²) in [7, 11) is 0. The number of hydrogen-bond acceptors (Lipinski definition) is 2. The summed E-state index contributed by atoms with van der Waals surface area (Å²) in [5, 5.41) is 9.18. The number of aliphatic carboxylic acids is 1. The number of halogens is 1. The highest BCUT2D eigenvalue weighted by Gasteiger charge is 2.12. The SMILES string of the molecule is Cc1ccc(OC(C)C(=O)O)cc1Cl. The molecule has 0 bridgehead atoms. The molecule has 0 aliphatic carbocycles. The molecule has 1 aromatic rings. The minimum absolute atomic E-state index is 0.468. The minimum atomic E-state index is -0.998. The van der Waals surface area contributed by atoms with Crippen LogP contribution < -0.4 is 4.74 Å². The van der Waals surface area contributed by atoms with Gasteiger partial charge in [0.1, 0.15) is 5.75 Å². The van der Waals surface area contributed by atoms with Gasteiger partial charge in [0.05, 0.1) is 0 Å². The fourth-order valence-electron chi connectivity index (χ4n) is 0.901. The monoisotopic (exact) mass is 214 g/mol. The quantitative estimate of drug-likeness (QED) is 0.841. The van der Waals surface area contributed by atoms with Crippen molar-refractivity contribution in [3.05, 3.63) is 28.8 Å². The van der Waals surface area contributed by atoms with Crippen molar-refractivity contribution in [2.45, 2.75) is 20.0 Å². The highest BCUT2D eigenvalue weighted by Crippen LogP contribution is 2.22. The summed E-state index contributed by atoms with van der Waals surface area (Å²) in [4.78, 5) is 10.5. The minimum Gasteiger partial charge on any atom is -0.479 e. The van der Waals surface area contributed by atoms with E-state index < -0.39 is 12.1 Å². The third-order valence-electron chi connectivity index (χ3n) is 1.80. The number of carbonyl (C=O) groups is 1. The molecule has 0 spiro atoms. The van der Waals surface area contributed by atoms with Gasteiger partial charge in [-0.15, -0.1) is 0 Å². The van der Waals surface area contributed by atoms with Crippen LogP contribution in [0.25, 0.3) is 0 Å². The Kier molecular flexibility index (Phi) is 3.36. The molecular formula is C10H11ClO3. The third-order valence-corrected chi connectivity index (χ3v) is 2.21. The number of rotatable bonds is 3. The molecule has 0 radical (unpaired) electrons. The summed E-state index contributed by atoms with van der Waals surface area (Å²) in [6, 6.07) is 5.09. The van der Waals surface area contributed by atoms with Gasteiger partial charge in [0, 0.05) is 5.02 Å². The number of carboxylic acid groups (broad SMARTS) is 1. The molecule has 1 rings (SSSR count). The Labute approximate surface area is 87.3 Å². The van der Waals surface area contributed by atoms with Gasteiger partial charge in [0.25, 0.3) is 0 Å². The summed E-state index contributed by atoms with van der Waals surface area (Å²) < 4.78 is 5.13. The molecule has 1 N–H and O–H groups in total. The van der Waals surface area contributed by atoms with E-state index in [4.69, 9.17) is 21.4 Å². The summed E-state index contributed by atoms with van der Waals surface area (Å²) in [6.07, 6.45) is -0.867. The zero-order chi connectivity index (χ0) is 10.7. The van der Waals surface area contributed by atoms with E-state index in [0.717, 1.165) is 5.56 Å². The van der Waals surface area contributed by atoms with E-state index in [2.05, 4.69) is 0 Å². The molecule has 1 aromatic carbocycles. The Morgan fingerprint density at radius 3 is 2.71 bits per heavy atom. The summed E-state index contributed by atoms with van der Waals surface area (Å²) >= 11 is 5.85. The van der Waals surface area contributed by atoms with Crippen LogP contribution in [-0.2, 0) is 4.79 Å². The van der Waals surface area contributed by atoms with E-state index in [0.29, 0.717) is 10.8 Å². The van der Waals surface area contributed by atoms with Crippen LogP contribution in [0.4, 0.5) is 0 Å². The normalized spacial score (nSPS) is 12.2. The fourth-order valence-corrected chi connectivity index (χ4v) is 1.07. The van der Waals surface area contributed by atoms with E-state index in [9.17, 15) is 4.79 Å². The first-order valence-corrected chi connectivity index (χ1v) is 4.54. The average molecular weight is 215 g/mol. The molecule has 0 heterocycles. The molecule has 1 unspecified atom stereocenters. The Bertz CT molecular complexity index is 349. The second-order valence-corrected chi connectivity index (χ2v) is 3.42. The predicted octanol–water partition coefficient (Wildman–Crippen LogP) is 2.50. The Morgan fingerprint density at radius 1 is 1.57 bits per heavy atom. The number of hydrogen-bond donors (Lipinski definition) is 1. The van der Waals surface area contributed by atoms with E-state index in [1.54, 1.807) is 18.2 Å². The Hall–Kier alpha value is -1.22. The van der Waals surface area contributed by atoms with Gasteiger partial charge >= 0.3 is 5.97 Å². The van der Waals surface area contributed by atoms with Gasteiger partial charge in [-0.3, -0.25) is 0 Å². The lowest BCUT2D eigenvalue weighted by molar-refractivity contribution is -0.144. The largest absolute Gasteiger partial charge is 0.479 e. The first-order chi connectivity index (χ1) is 6.50. The number of carboxylic acids is 1. The molecule has 0 aliphatic rings. The molecule has 14 heavy (non-hydrogen) atoms. The highest BCUT2D eigenvalue weighted by molar-refractivity contribution is 6.31. The van der Waals surface area contributed by atoms with Crippen LogP contribution in [-0.4, -0.2) is 17.2 Å². The first-order valence-electron chi connectivity index (χ1n) is 4.16. The van der Waals surface area contributed by atoms with Crippen LogP contribution in [0.2, 0.25) is 5.02 Å². The van der Waals surface area contributed by atoms with Gasteiger partial charge in [-0.1, -0.05) is 17.7 Å². The third kappa shape index (κ3) is 2.64. The van der Waals surface area contributed by atoms with Gasteiger partial charge in [0.15, 0.2) is 6.10 Å². The van der Waals surface area contributed by atoms with Crippen LogP contribution in [0.1, 0.15) is 12.5 Å². The van der Waals surface area contributed by atoms with E-state index in [1.807, 2.05) is 6.92 Å². The Balaban J connectivity index is 2.78. The van der Waals surface area contributed by atoms with Crippen molar-refractivity contribution in [2.24, 2.45) is 0 Å². The van der Waals surface area contributed by atoms with Gasteiger partial charge in [-0.2, -0.15) is 0 Å². The molecule has 0 aromatic heterocycles. The number of aryl methyl sites for hydroxylation is 1. The maximum atomic E-state index is 10.5. The molecule has 0 amide bonds. The number of ether oxygens (including phenoxy) is 1. The van der Waals surface area contributed by atoms with Crippen molar-refractivity contribution in [2.75, 3.05) is 0 Å². The fraction of sp³-hybridized carbons (Fsp3) is 0.300. The van der Waals surface area contributed by atoms with E-state index >= 15 is 0 Å². The van der Waals surface area contributed by atoms with Gasteiger partial charge in [-0.25, -0.2) is 4.79 Å². The van der Waals surface area contributed by atoms with Gasteiger partial charge in [0.2, 0.25) is 0 Å². The van der Waals surface area contributed by atoms with Crippen LogP contribution in [0, 0.1) is 6.92 Å². The van der Waals surface area contributed by atoms with Crippen molar-refractivity contribution in [1.82, 2.24) is 0 Å². The van der Waals surface area contributed by atoms with Crippen LogP contribution in [0.3, 0.4) is 0 Å². The molecule has 76 valence electrons. The first kappa shape index (κ1) is 10.9. The molecule has 0 saturated heterocycles. The lowest BCUT2D eigenvalue weighted by Gasteiger charge is -2.10. The number of benzene rings is 1. The van der Waals surface area contributed by atoms with Crippen LogP contribution >= 0.6 is 11.6 Å². The topological polar surface area (TPSA) is 46.5 Å². The van der Waals surface area contributed by atoms with Gasteiger partial charge in [-0.05, 0) is 31.5 Å². The van der Waals surface area contributed by atoms with Crippen molar-refractivity contribution >= 4 is 17.6 Å². The zero-order valence-electron chi connectivity index (χ0n) is 7.95. The average Bonchev–Trinajstić information content (AvgIpc) is 2.11.